The summed E-state index contributed by atoms with van der Waals surface area (Å²) in [6, 6.07) is 5.46. The van der Waals surface area contributed by atoms with E-state index >= 15 is 0 Å². The molecule has 1 unspecified atom stereocenters. The summed E-state index contributed by atoms with van der Waals surface area (Å²) in [6.45, 7) is 4.16. The number of amides is 1. The summed E-state index contributed by atoms with van der Waals surface area (Å²) in [4.78, 5) is 59.7. The Morgan fingerprint density at radius 2 is 1.45 bits per heavy atom. The summed E-state index contributed by atoms with van der Waals surface area (Å²) in [5, 5.41) is 2.65. The van der Waals surface area contributed by atoms with Crippen molar-refractivity contribution in [1.29, 1.82) is 0 Å². The zero-order valence-electron chi connectivity index (χ0n) is 18.4. The van der Waals surface area contributed by atoms with Gasteiger partial charge in [0.15, 0.2) is 12.2 Å². The van der Waals surface area contributed by atoms with E-state index in [-0.39, 0.29) is 6.61 Å². The lowest BCUT2D eigenvalue weighted by Gasteiger charge is -2.44. The number of hydrogen-bond donors (Lipinski definition) is 1. The number of esters is 4. The maximum absolute atomic E-state index is 13.0. The molecule has 0 spiro atoms. The average molecular weight is 577 g/mol. The van der Waals surface area contributed by atoms with Crippen molar-refractivity contribution < 1.29 is 47.7 Å². The maximum Gasteiger partial charge on any atom is 0.305 e. The second kappa shape index (κ2) is 11.9. The average Bonchev–Trinajstić information content (AvgIpc) is 2.70. The largest absolute Gasteiger partial charge is 0.463 e. The summed E-state index contributed by atoms with van der Waals surface area (Å²) in [5.41, 5.74) is 0.312. The Balaban J connectivity index is 2.47. The zero-order valence-corrected chi connectivity index (χ0v) is 20.5. The van der Waals surface area contributed by atoms with Gasteiger partial charge in [-0.25, -0.2) is 0 Å². The normalized spacial score (nSPS) is 24.2. The van der Waals surface area contributed by atoms with Crippen molar-refractivity contribution in [1.82, 2.24) is 5.32 Å². The maximum atomic E-state index is 13.0. The molecular weight excluding hydrogens is 553 g/mol. The second-order valence-corrected chi connectivity index (χ2v) is 8.24. The molecule has 1 saturated heterocycles. The molecule has 1 aromatic carbocycles. The Hall–Kier alpha value is -2.74. The zero-order chi connectivity index (χ0) is 24.7. The first-order chi connectivity index (χ1) is 15.5. The highest BCUT2D eigenvalue weighted by molar-refractivity contribution is 14.1. The Morgan fingerprint density at radius 1 is 0.879 bits per heavy atom. The van der Waals surface area contributed by atoms with Crippen LogP contribution in [0, 0.1) is 3.57 Å². The van der Waals surface area contributed by atoms with Gasteiger partial charge < -0.3 is 29.0 Å². The van der Waals surface area contributed by atoms with E-state index in [2.05, 4.69) is 5.32 Å². The van der Waals surface area contributed by atoms with Gasteiger partial charge in [0.25, 0.3) is 5.91 Å². The van der Waals surface area contributed by atoms with Crippen molar-refractivity contribution in [2.24, 2.45) is 0 Å². The first-order valence-electron chi connectivity index (χ1n) is 9.85. The van der Waals surface area contributed by atoms with Gasteiger partial charge in [0, 0.05) is 31.3 Å². The van der Waals surface area contributed by atoms with Gasteiger partial charge >= 0.3 is 23.9 Å². The van der Waals surface area contributed by atoms with Crippen LogP contribution in [0.25, 0.3) is 0 Å². The van der Waals surface area contributed by atoms with E-state index in [0.29, 0.717) is 9.13 Å². The summed E-state index contributed by atoms with van der Waals surface area (Å²) in [6.07, 6.45) is -5.20. The highest BCUT2D eigenvalue weighted by Crippen LogP contribution is 2.28. The van der Waals surface area contributed by atoms with Crippen LogP contribution in [0.2, 0.25) is 0 Å². The molecule has 0 saturated carbocycles. The summed E-state index contributed by atoms with van der Waals surface area (Å²) in [5.74, 6) is -3.43. The van der Waals surface area contributed by atoms with Gasteiger partial charge in [-0.3, -0.25) is 24.0 Å². The van der Waals surface area contributed by atoms with Crippen molar-refractivity contribution in [3.8, 4) is 0 Å². The fraction of sp³-hybridized carbons (Fsp3) is 0.476. The number of carbonyl (C=O) groups excluding carboxylic acids is 5. The Bertz CT molecular complexity index is 920. The highest BCUT2D eigenvalue weighted by Gasteiger charge is 2.52. The van der Waals surface area contributed by atoms with E-state index in [9.17, 15) is 24.0 Å². The molecule has 1 aliphatic rings. The molecule has 1 N–H and O–H groups in total. The van der Waals surface area contributed by atoms with Crippen LogP contribution in [-0.2, 0) is 42.9 Å². The Kier molecular flexibility index (Phi) is 9.58. The van der Waals surface area contributed by atoms with E-state index < -0.39 is 60.4 Å². The van der Waals surface area contributed by atoms with Gasteiger partial charge in [-0.2, -0.15) is 0 Å². The topological polar surface area (TPSA) is 144 Å². The van der Waals surface area contributed by atoms with Gasteiger partial charge in [0.1, 0.15) is 18.8 Å². The molecule has 180 valence electrons. The minimum atomic E-state index is -1.44. The van der Waals surface area contributed by atoms with Crippen molar-refractivity contribution in [2.45, 2.75) is 58.3 Å². The predicted octanol–water partition coefficient (Wildman–Crippen LogP) is 1.10. The third-order valence-corrected chi connectivity index (χ3v) is 5.34. The minimum Gasteiger partial charge on any atom is -0.463 e. The van der Waals surface area contributed by atoms with E-state index in [1.165, 1.54) is 6.92 Å². The number of benzene rings is 1. The second-order valence-electron chi connectivity index (χ2n) is 7.08. The van der Waals surface area contributed by atoms with Crippen LogP contribution in [-0.4, -0.2) is 67.0 Å². The van der Waals surface area contributed by atoms with Crippen LogP contribution in [0.5, 0.6) is 0 Å². The molecule has 11 nitrogen and oxygen atoms in total. The standard InChI is InChI=1S/C21H24INO10/c1-10(24)29-9-16-18(30-11(2)25)19(31-12(3)26)17(21(33-16)32-13(4)27)23-20(28)14-7-5-6-8-15(14)22/h5-8,16-19,21H,9H2,1-4H3,(H,23,28)/t16-,17-,18-,19-,21?/m1/s1. The van der Waals surface area contributed by atoms with Crippen molar-refractivity contribution in [3.63, 3.8) is 0 Å². The summed E-state index contributed by atoms with van der Waals surface area (Å²) in [7, 11) is 0. The van der Waals surface area contributed by atoms with Gasteiger partial charge in [0.05, 0.1) is 5.56 Å². The van der Waals surface area contributed by atoms with Gasteiger partial charge in [-0.1, -0.05) is 12.1 Å². The van der Waals surface area contributed by atoms with Crippen LogP contribution in [0.3, 0.4) is 0 Å². The molecule has 1 aromatic rings. The quantitative estimate of drug-likeness (QED) is 0.284. The predicted molar refractivity (Wildman–Crippen MR) is 119 cm³/mol. The molecule has 33 heavy (non-hydrogen) atoms. The van der Waals surface area contributed by atoms with E-state index in [4.69, 9.17) is 23.7 Å². The number of rotatable bonds is 7. The monoisotopic (exact) mass is 577 g/mol. The number of halogens is 1. The molecule has 5 atom stereocenters. The number of carbonyl (C=O) groups is 5. The minimum absolute atomic E-state index is 0.312. The first kappa shape index (κ1) is 26.5. The molecule has 1 aliphatic heterocycles. The van der Waals surface area contributed by atoms with Gasteiger partial charge in [-0.15, -0.1) is 0 Å². The summed E-state index contributed by atoms with van der Waals surface area (Å²) < 4.78 is 27.3. The SMILES string of the molecule is CC(=O)OC[C@H]1OC(OC(C)=O)[C@H](NC(=O)c2ccccc2I)[C@@H](OC(C)=O)[C@@H]1OC(C)=O. The highest BCUT2D eigenvalue weighted by atomic mass is 127. The van der Waals surface area contributed by atoms with Crippen molar-refractivity contribution >= 4 is 52.4 Å². The number of nitrogens with one attached hydrogen (secondary N) is 1. The molecule has 1 fully saturated rings. The summed E-state index contributed by atoms with van der Waals surface area (Å²) >= 11 is 1.98. The van der Waals surface area contributed by atoms with Crippen LogP contribution in [0.1, 0.15) is 38.1 Å². The molecule has 0 radical (unpaired) electrons. The Labute approximate surface area is 203 Å². The fourth-order valence-electron chi connectivity index (χ4n) is 3.19. The van der Waals surface area contributed by atoms with Crippen molar-refractivity contribution in [3.05, 3.63) is 33.4 Å². The fourth-order valence-corrected chi connectivity index (χ4v) is 3.83. The van der Waals surface area contributed by atoms with Crippen LogP contribution in [0.4, 0.5) is 0 Å². The van der Waals surface area contributed by atoms with Gasteiger partial charge in [0.2, 0.25) is 6.29 Å². The third kappa shape index (κ3) is 7.67. The number of hydrogen-bond acceptors (Lipinski definition) is 10. The lowest BCUT2D eigenvalue weighted by atomic mass is 9.95. The lowest BCUT2D eigenvalue weighted by molar-refractivity contribution is -0.270. The molecular formula is C21H24INO10. The Morgan fingerprint density at radius 3 is 2.00 bits per heavy atom. The van der Waals surface area contributed by atoms with Gasteiger partial charge in [-0.05, 0) is 34.7 Å². The molecule has 0 bridgehead atoms. The molecule has 0 aromatic heterocycles. The first-order valence-corrected chi connectivity index (χ1v) is 10.9. The van der Waals surface area contributed by atoms with Crippen molar-refractivity contribution in [2.75, 3.05) is 6.61 Å². The van der Waals surface area contributed by atoms with Crippen LogP contribution in [0.15, 0.2) is 24.3 Å². The number of ether oxygens (including phenoxy) is 5. The van der Waals surface area contributed by atoms with Crippen LogP contribution >= 0.6 is 22.6 Å². The van der Waals surface area contributed by atoms with E-state index in [1.807, 2.05) is 22.6 Å². The molecule has 2 rings (SSSR count). The third-order valence-electron chi connectivity index (χ3n) is 4.40. The van der Waals surface area contributed by atoms with Crippen LogP contribution < -0.4 is 5.32 Å². The molecule has 1 heterocycles. The molecule has 0 aliphatic carbocycles. The van der Waals surface area contributed by atoms with E-state index in [1.54, 1.807) is 24.3 Å². The van der Waals surface area contributed by atoms with E-state index in [0.717, 1.165) is 20.8 Å². The molecule has 1 amide bonds. The lowest BCUT2D eigenvalue weighted by Crippen LogP contribution is -2.67. The smallest absolute Gasteiger partial charge is 0.305 e. The molecule has 12 heteroatoms.